The van der Waals surface area contributed by atoms with Crippen molar-refractivity contribution in [3.8, 4) is 0 Å². The Morgan fingerprint density at radius 1 is 1.00 bits per heavy atom. The number of benzene rings is 1. The predicted molar refractivity (Wildman–Crippen MR) is 60.6 cm³/mol. The molecule has 1 saturated carbocycles. The summed E-state index contributed by atoms with van der Waals surface area (Å²) in [6, 6.07) is 8.30. The van der Waals surface area contributed by atoms with Crippen LogP contribution in [0.4, 0.5) is 0 Å². The van der Waals surface area contributed by atoms with Crippen LogP contribution in [0, 0.1) is 5.92 Å². The van der Waals surface area contributed by atoms with Gasteiger partial charge in [-0.25, -0.2) is 4.79 Å². The Bertz CT molecular complexity index is 332. The molecule has 0 bridgehead atoms. The molecule has 0 radical (unpaired) electrons. The Hall–Kier alpha value is -1.43. The average Bonchev–Trinajstić information content (AvgIpc) is 2.38. The normalized spacial score (nSPS) is 30.8. The molecule has 2 unspecified atom stereocenters. The lowest BCUT2D eigenvalue weighted by Gasteiger charge is -2.40. The molecule has 4 N–H and O–H groups in total. The highest BCUT2D eigenvalue weighted by Gasteiger charge is 2.44. The molecule has 94 valence electrons. The number of hydrogen-bond donors (Lipinski definition) is 4. The summed E-state index contributed by atoms with van der Waals surface area (Å²) in [5.41, 5.74) is 0.331. The summed E-state index contributed by atoms with van der Waals surface area (Å²) in [5.74, 6) is -1.04. The first-order valence-electron chi connectivity index (χ1n) is 5.27. The van der Waals surface area contributed by atoms with Gasteiger partial charge in [-0.1, -0.05) is 25.1 Å². The van der Waals surface area contributed by atoms with Crippen LogP contribution in [0.3, 0.4) is 0 Å². The maximum absolute atomic E-state index is 10.2. The fourth-order valence-electron chi connectivity index (χ4n) is 1.46. The molecule has 1 aromatic carbocycles. The van der Waals surface area contributed by atoms with Crippen LogP contribution >= 0.6 is 0 Å². The molecule has 1 aliphatic rings. The van der Waals surface area contributed by atoms with Gasteiger partial charge in [0.15, 0.2) is 0 Å². The van der Waals surface area contributed by atoms with Gasteiger partial charge < -0.3 is 20.4 Å². The maximum Gasteiger partial charge on any atom is 0.335 e. The van der Waals surface area contributed by atoms with Gasteiger partial charge in [0.25, 0.3) is 0 Å². The molecule has 5 heteroatoms. The zero-order valence-electron chi connectivity index (χ0n) is 9.39. The zero-order chi connectivity index (χ0) is 13.0. The van der Waals surface area contributed by atoms with E-state index in [-0.39, 0.29) is 5.92 Å². The molecule has 0 saturated heterocycles. The monoisotopic (exact) mass is 240 g/mol. The quantitative estimate of drug-likeness (QED) is 0.558. The first-order valence-corrected chi connectivity index (χ1v) is 5.27. The molecule has 17 heavy (non-hydrogen) atoms. The molecule has 5 nitrogen and oxygen atoms in total. The third-order valence-corrected chi connectivity index (χ3v) is 2.80. The molecule has 2 atom stereocenters. The Morgan fingerprint density at radius 2 is 1.47 bits per heavy atom. The van der Waals surface area contributed by atoms with E-state index in [0.717, 1.165) is 0 Å². The summed E-state index contributed by atoms with van der Waals surface area (Å²) >= 11 is 0. The molecule has 1 fully saturated rings. The van der Waals surface area contributed by atoms with Crippen LogP contribution < -0.4 is 0 Å². The van der Waals surface area contributed by atoms with Crippen LogP contribution in [0.5, 0.6) is 0 Å². The molecule has 1 aromatic rings. The molecule has 0 heterocycles. The van der Waals surface area contributed by atoms with Crippen molar-refractivity contribution < 1.29 is 25.2 Å². The number of carboxylic acid groups (broad SMARTS) is 1. The van der Waals surface area contributed by atoms with Crippen LogP contribution in [0.25, 0.3) is 0 Å². The van der Waals surface area contributed by atoms with Gasteiger partial charge in [-0.2, -0.15) is 0 Å². The summed E-state index contributed by atoms with van der Waals surface area (Å²) < 4.78 is 0. The van der Waals surface area contributed by atoms with Crippen LogP contribution in [-0.2, 0) is 0 Å². The highest BCUT2D eigenvalue weighted by Crippen LogP contribution is 2.27. The number of carbonyl (C=O) groups is 1. The Kier molecular flexibility index (Phi) is 4.62. The lowest BCUT2D eigenvalue weighted by Crippen LogP contribution is -2.58. The van der Waals surface area contributed by atoms with Crippen LogP contribution in [-0.4, -0.2) is 44.7 Å². The number of aliphatic hydroxyl groups is 3. The van der Waals surface area contributed by atoms with Crippen molar-refractivity contribution in [2.24, 2.45) is 5.92 Å². The third kappa shape index (κ3) is 3.26. The van der Waals surface area contributed by atoms with E-state index < -0.39 is 24.3 Å². The number of rotatable bonds is 1. The van der Waals surface area contributed by atoms with E-state index in [0.29, 0.717) is 5.56 Å². The van der Waals surface area contributed by atoms with Gasteiger partial charge >= 0.3 is 5.97 Å². The van der Waals surface area contributed by atoms with Crippen LogP contribution in [0.2, 0.25) is 0 Å². The predicted octanol–water partition coefficient (Wildman–Crippen LogP) is 0.104. The van der Waals surface area contributed by atoms with E-state index in [2.05, 4.69) is 0 Å². The van der Waals surface area contributed by atoms with E-state index in [9.17, 15) is 4.79 Å². The summed E-state index contributed by atoms with van der Waals surface area (Å²) in [4.78, 5) is 10.2. The molecule has 0 aromatic heterocycles. The van der Waals surface area contributed by atoms with Gasteiger partial charge in [0, 0.05) is 5.92 Å². The molecule has 2 rings (SSSR count). The second-order valence-corrected chi connectivity index (χ2v) is 4.00. The molecular formula is C12H16O5. The third-order valence-electron chi connectivity index (χ3n) is 2.80. The van der Waals surface area contributed by atoms with Crippen molar-refractivity contribution in [2.75, 3.05) is 0 Å². The molecule has 0 amide bonds. The van der Waals surface area contributed by atoms with Gasteiger partial charge in [-0.15, -0.1) is 0 Å². The fraction of sp³-hybridized carbons (Fsp3) is 0.417. The molecule has 0 aliphatic heterocycles. The first kappa shape index (κ1) is 13.6. The highest BCUT2D eigenvalue weighted by molar-refractivity contribution is 5.87. The van der Waals surface area contributed by atoms with Crippen molar-refractivity contribution in [2.45, 2.75) is 25.2 Å². The van der Waals surface area contributed by atoms with Crippen LogP contribution in [0.15, 0.2) is 30.3 Å². The summed E-state index contributed by atoms with van der Waals surface area (Å²) in [6.45, 7) is 1.70. The Morgan fingerprint density at radius 3 is 1.71 bits per heavy atom. The molecule has 0 spiro atoms. The Balaban J connectivity index is 0.000000171. The van der Waals surface area contributed by atoms with Gasteiger partial charge in [0.2, 0.25) is 0 Å². The van der Waals surface area contributed by atoms with Crippen molar-refractivity contribution in [3.63, 3.8) is 0 Å². The zero-order valence-corrected chi connectivity index (χ0v) is 9.39. The molecular weight excluding hydrogens is 224 g/mol. The number of carboxylic acids is 1. The standard InChI is InChI=1S/C7H6O2.C5H10O3/c8-7(9)6-4-2-1-3-5-6;1-2-3(6)5(8)4(2)7/h1-5H,(H,8,9);2-8H,1H3. The minimum Gasteiger partial charge on any atom is -0.478 e. The largest absolute Gasteiger partial charge is 0.478 e. The van der Waals surface area contributed by atoms with Crippen molar-refractivity contribution >= 4 is 5.97 Å². The molecule has 1 aliphatic carbocycles. The van der Waals surface area contributed by atoms with Gasteiger partial charge in [-0.05, 0) is 12.1 Å². The minimum absolute atomic E-state index is 0.162. The Labute approximate surface area is 99.0 Å². The van der Waals surface area contributed by atoms with E-state index in [1.54, 1.807) is 37.3 Å². The maximum atomic E-state index is 10.2. The number of aliphatic hydroxyl groups excluding tert-OH is 3. The van der Waals surface area contributed by atoms with Gasteiger partial charge in [-0.3, -0.25) is 0 Å². The van der Waals surface area contributed by atoms with Crippen molar-refractivity contribution in [3.05, 3.63) is 35.9 Å². The second-order valence-electron chi connectivity index (χ2n) is 4.00. The van der Waals surface area contributed by atoms with E-state index >= 15 is 0 Å². The summed E-state index contributed by atoms with van der Waals surface area (Å²) in [7, 11) is 0. The van der Waals surface area contributed by atoms with E-state index in [1.165, 1.54) is 0 Å². The lowest BCUT2D eigenvalue weighted by atomic mass is 9.77. The van der Waals surface area contributed by atoms with E-state index in [4.69, 9.17) is 20.4 Å². The fourth-order valence-corrected chi connectivity index (χ4v) is 1.46. The topological polar surface area (TPSA) is 98.0 Å². The minimum atomic E-state index is -0.912. The number of aromatic carboxylic acids is 1. The van der Waals surface area contributed by atoms with E-state index in [1.807, 2.05) is 0 Å². The second kappa shape index (κ2) is 5.77. The van der Waals surface area contributed by atoms with Crippen molar-refractivity contribution in [1.82, 2.24) is 0 Å². The average molecular weight is 240 g/mol. The highest BCUT2D eigenvalue weighted by atomic mass is 16.4. The SMILES string of the molecule is CC1C(O)C(O)C1O.O=C(O)c1ccccc1. The first-order chi connectivity index (χ1) is 7.95. The number of hydrogen-bond acceptors (Lipinski definition) is 4. The summed E-state index contributed by atoms with van der Waals surface area (Å²) in [5, 5.41) is 34.5. The summed E-state index contributed by atoms with van der Waals surface area (Å²) in [6.07, 6.45) is -2.35. The lowest BCUT2D eigenvalue weighted by molar-refractivity contribution is -0.185. The van der Waals surface area contributed by atoms with Crippen LogP contribution in [0.1, 0.15) is 17.3 Å². The smallest absolute Gasteiger partial charge is 0.335 e. The van der Waals surface area contributed by atoms with Gasteiger partial charge in [0.05, 0.1) is 17.8 Å². The van der Waals surface area contributed by atoms with Crippen molar-refractivity contribution in [1.29, 1.82) is 0 Å². The van der Waals surface area contributed by atoms with Gasteiger partial charge in [0.1, 0.15) is 6.10 Å².